The molecule has 0 aliphatic carbocycles. The van der Waals surface area contributed by atoms with Crippen LogP contribution in [0, 0.1) is 0 Å². The van der Waals surface area contributed by atoms with E-state index in [0.29, 0.717) is 26.2 Å². The summed E-state index contributed by atoms with van der Waals surface area (Å²) in [6, 6.07) is 7.94. The van der Waals surface area contributed by atoms with Gasteiger partial charge in [-0.05, 0) is 24.6 Å². The zero-order chi connectivity index (χ0) is 15.5. The highest BCUT2D eigenvalue weighted by molar-refractivity contribution is 5.69. The molecule has 0 saturated heterocycles. The normalized spacial score (nSPS) is 10.7. The van der Waals surface area contributed by atoms with Crippen molar-refractivity contribution in [2.24, 2.45) is 0 Å². The molecule has 0 spiro atoms. The summed E-state index contributed by atoms with van der Waals surface area (Å²) < 4.78 is 15.2. The third-order valence-corrected chi connectivity index (χ3v) is 3.11. The minimum Gasteiger partial charge on any atom is -0.497 e. The molecule has 0 atom stereocenters. The van der Waals surface area contributed by atoms with Gasteiger partial charge in [-0.1, -0.05) is 12.1 Å². The molecule has 0 aliphatic heterocycles. The molecule has 1 aromatic rings. The molecule has 5 heteroatoms. The molecule has 0 amide bonds. The summed E-state index contributed by atoms with van der Waals surface area (Å²) in [5, 5.41) is 0. The number of benzene rings is 1. The fourth-order valence-corrected chi connectivity index (χ4v) is 1.96. The molecule has 0 bridgehead atoms. The van der Waals surface area contributed by atoms with Crippen LogP contribution in [-0.4, -0.2) is 51.4 Å². The molecule has 1 aromatic carbocycles. The van der Waals surface area contributed by atoms with Crippen molar-refractivity contribution in [3.63, 3.8) is 0 Å². The summed E-state index contributed by atoms with van der Waals surface area (Å²) in [5.41, 5.74) is 1.18. The van der Waals surface area contributed by atoms with Crippen molar-refractivity contribution in [1.82, 2.24) is 4.90 Å². The van der Waals surface area contributed by atoms with Gasteiger partial charge in [-0.25, -0.2) is 0 Å². The van der Waals surface area contributed by atoms with Gasteiger partial charge in [0, 0.05) is 26.7 Å². The lowest BCUT2D eigenvalue weighted by Gasteiger charge is -2.21. The first-order valence-electron chi connectivity index (χ1n) is 7.19. The van der Waals surface area contributed by atoms with Crippen LogP contribution in [0.2, 0.25) is 0 Å². The summed E-state index contributed by atoms with van der Waals surface area (Å²) in [7, 11) is 3.33. The average molecular weight is 295 g/mol. The monoisotopic (exact) mass is 295 g/mol. The molecular formula is C16H25NO4. The number of carbonyl (C=O) groups is 1. The van der Waals surface area contributed by atoms with Gasteiger partial charge >= 0.3 is 5.97 Å². The van der Waals surface area contributed by atoms with E-state index in [1.807, 2.05) is 31.2 Å². The second kappa shape index (κ2) is 10.2. The first-order chi connectivity index (χ1) is 10.2. The van der Waals surface area contributed by atoms with E-state index in [1.54, 1.807) is 14.2 Å². The Balaban J connectivity index is 2.52. The van der Waals surface area contributed by atoms with E-state index in [0.717, 1.165) is 18.8 Å². The van der Waals surface area contributed by atoms with E-state index in [4.69, 9.17) is 14.2 Å². The summed E-state index contributed by atoms with van der Waals surface area (Å²) in [4.78, 5) is 13.6. The summed E-state index contributed by atoms with van der Waals surface area (Å²) in [6.45, 7) is 5.09. The molecule has 0 radical (unpaired) electrons. The quantitative estimate of drug-likeness (QED) is 0.619. The highest BCUT2D eigenvalue weighted by Crippen LogP contribution is 2.13. The van der Waals surface area contributed by atoms with Crippen molar-refractivity contribution in [1.29, 1.82) is 0 Å². The van der Waals surface area contributed by atoms with Crippen LogP contribution in [0.3, 0.4) is 0 Å². The van der Waals surface area contributed by atoms with E-state index < -0.39 is 0 Å². The lowest BCUT2D eigenvalue weighted by molar-refractivity contribution is -0.143. The van der Waals surface area contributed by atoms with Crippen LogP contribution in [0.1, 0.15) is 18.9 Å². The molecule has 0 heterocycles. The van der Waals surface area contributed by atoms with E-state index in [2.05, 4.69) is 4.90 Å². The number of hydrogen-bond donors (Lipinski definition) is 0. The van der Waals surface area contributed by atoms with Gasteiger partial charge in [0.25, 0.3) is 0 Å². The van der Waals surface area contributed by atoms with Crippen LogP contribution in [0.25, 0.3) is 0 Å². The molecule has 0 N–H and O–H groups in total. The Morgan fingerprint density at radius 1 is 1.14 bits per heavy atom. The SMILES string of the molecule is CCOC(=O)CCN(CCOC)Cc1ccc(OC)cc1. The third-order valence-electron chi connectivity index (χ3n) is 3.11. The fourth-order valence-electron chi connectivity index (χ4n) is 1.96. The van der Waals surface area contributed by atoms with Crippen molar-refractivity contribution in [3.05, 3.63) is 29.8 Å². The predicted molar refractivity (Wildman–Crippen MR) is 81.4 cm³/mol. The maximum Gasteiger partial charge on any atom is 0.307 e. The van der Waals surface area contributed by atoms with Gasteiger partial charge < -0.3 is 14.2 Å². The van der Waals surface area contributed by atoms with Gasteiger partial charge in [-0.3, -0.25) is 9.69 Å². The van der Waals surface area contributed by atoms with Crippen molar-refractivity contribution < 1.29 is 19.0 Å². The number of nitrogens with zero attached hydrogens (tertiary/aromatic N) is 1. The number of esters is 1. The Hall–Kier alpha value is -1.59. The van der Waals surface area contributed by atoms with Crippen LogP contribution in [0.4, 0.5) is 0 Å². The van der Waals surface area contributed by atoms with Crippen LogP contribution >= 0.6 is 0 Å². The summed E-state index contributed by atoms with van der Waals surface area (Å²) in [6.07, 6.45) is 0.397. The number of hydrogen-bond acceptors (Lipinski definition) is 5. The zero-order valence-electron chi connectivity index (χ0n) is 13.1. The standard InChI is InChI=1S/C16H25NO4/c1-4-21-16(18)9-10-17(11-12-19-2)13-14-5-7-15(20-3)8-6-14/h5-8H,4,9-13H2,1-3H3. The van der Waals surface area contributed by atoms with E-state index >= 15 is 0 Å². The van der Waals surface area contributed by atoms with Gasteiger partial charge in [0.15, 0.2) is 0 Å². The van der Waals surface area contributed by atoms with Crippen molar-refractivity contribution in [2.45, 2.75) is 19.9 Å². The van der Waals surface area contributed by atoms with Gasteiger partial charge in [0.1, 0.15) is 5.75 Å². The smallest absolute Gasteiger partial charge is 0.307 e. The molecule has 0 unspecified atom stereocenters. The first-order valence-corrected chi connectivity index (χ1v) is 7.19. The maximum absolute atomic E-state index is 11.5. The molecule has 0 fully saturated rings. The predicted octanol–water partition coefficient (Wildman–Crippen LogP) is 2.10. The number of rotatable bonds is 10. The Kier molecular flexibility index (Phi) is 8.47. The second-order valence-electron chi connectivity index (χ2n) is 4.67. The Morgan fingerprint density at radius 2 is 1.86 bits per heavy atom. The van der Waals surface area contributed by atoms with Crippen LogP contribution in [0.15, 0.2) is 24.3 Å². The molecule has 0 aromatic heterocycles. The molecule has 21 heavy (non-hydrogen) atoms. The third kappa shape index (κ3) is 7.11. The second-order valence-corrected chi connectivity index (χ2v) is 4.67. The maximum atomic E-state index is 11.5. The van der Waals surface area contributed by atoms with Crippen LogP contribution in [-0.2, 0) is 20.8 Å². The lowest BCUT2D eigenvalue weighted by Crippen LogP contribution is -2.29. The summed E-state index contributed by atoms with van der Waals surface area (Å²) >= 11 is 0. The number of carbonyl (C=O) groups excluding carboxylic acids is 1. The molecule has 0 saturated carbocycles. The fraction of sp³-hybridized carbons (Fsp3) is 0.562. The zero-order valence-corrected chi connectivity index (χ0v) is 13.1. The lowest BCUT2D eigenvalue weighted by atomic mass is 10.2. The number of methoxy groups -OCH3 is 2. The van der Waals surface area contributed by atoms with Gasteiger partial charge in [0.05, 0.1) is 26.7 Å². The molecule has 5 nitrogen and oxygen atoms in total. The minimum atomic E-state index is -0.158. The van der Waals surface area contributed by atoms with Gasteiger partial charge in [0.2, 0.25) is 0 Å². The van der Waals surface area contributed by atoms with Crippen molar-refractivity contribution in [3.8, 4) is 5.75 Å². The van der Waals surface area contributed by atoms with E-state index in [-0.39, 0.29) is 5.97 Å². The Bertz CT molecular complexity index is 405. The van der Waals surface area contributed by atoms with Crippen LogP contribution in [0.5, 0.6) is 5.75 Å². The number of ether oxygens (including phenoxy) is 3. The van der Waals surface area contributed by atoms with E-state index in [1.165, 1.54) is 5.56 Å². The van der Waals surface area contributed by atoms with Crippen molar-refractivity contribution in [2.75, 3.05) is 40.5 Å². The van der Waals surface area contributed by atoms with Gasteiger partial charge in [-0.2, -0.15) is 0 Å². The highest BCUT2D eigenvalue weighted by Gasteiger charge is 2.10. The molecular weight excluding hydrogens is 270 g/mol. The minimum absolute atomic E-state index is 0.158. The Labute approximate surface area is 126 Å². The van der Waals surface area contributed by atoms with Crippen LogP contribution < -0.4 is 4.74 Å². The first kappa shape index (κ1) is 17.5. The topological polar surface area (TPSA) is 48.0 Å². The molecule has 118 valence electrons. The summed E-state index contributed by atoms with van der Waals surface area (Å²) in [5.74, 6) is 0.684. The average Bonchev–Trinajstić information content (AvgIpc) is 2.51. The molecule has 1 rings (SSSR count). The van der Waals surface area contributed by atoms with E-state index in [9.17, 15) is 4.79 Å². The largest absolute Gasteiger partial charge is 0.497 e. The van der Waals surface area contributed by atoms with Crippen molar-refractivity contribution >= 4 is 5.97 Å². The Morgan fingerprint density at radius 3 is 2.43 bits per heavy atom. The molecule has 0 aliphatic rings. The van der Waals surface area contributed by atoms with Gasteiger partial charge in [-0.15, -0.1) is 0 Å². The highest BCUT2D eigenvalue weighted by atomic mass is 16.5.